The first-order valence-corrected chi connectivity index (χ1v) is 6.37. The van der Waals surface area contributed by atoms with Gasteiger partial charge in [0.25, 0.3) is 0 Å². The summed E-state index contributed by atoms with van der Waals surface area (Å²) in [5.41, 5.74) is 0.844. The monoisotopic (exact) mass is 226 g/mol. The maximum Gasteiger partial charge on any atom is 0.0967 e. The van der Waals surface area contributed by atoms with E-state index in [1.54, 1.807) is 0 Å². The maximum absolute atomic E-state index is 2.37. The molecule has 0 spiro atoms. The zero-order valence-corrected chi connectivity index (χ0v) is 12.7. The highest BCUT2D eigenvalue weighted by molar-refractivity contribution is 4.89. The highest BCUT2D eigenvalue weighted by atomic mass is 15.3. The average Bonchev–Trinajstić information content (AvgIpc) is 1.91. The van der Waals surface area contributed by atoms with Gasteiger partial charge in [-0.3, -0.25) is 0 Å². The van der Waals surface area contributed by atoms with Crippen LogP contribution in [0.1, 0.15) is 47.5 Å². The third kappa shape index (κ3) is 10.2. The van der Waals surface area contributed by atoms with E-state index in [1.807, 2.05) is 0 Å². The Hall–Kier alpha value is -0.300. The van der Waals surface area contributed by atoms with Crippen LogP contribution in [0.4, 0.5) is 0 Å². The van der Waals surface area contributed by atoms with Gasteiger partial charge < -0.3 is 4.48 Å². The molecule has 0 heterocycles. The average molecular weight is 226 g/mol. The molecule has 0 radical (unpaired) electrons. The van der Waals surface area contributed by atoms with E-state index in [2.05, 4.69) is 67.9 Å². The normalized spacial score (nSPS) is 14.8. The molecule has 0 aromatic carbocycles. The lowest BCUT2D eigenvalue weighted by molar-refractivity contribution is -0.864. The molecule has 0 unspecified atom stereocenters. The lowest BCUT2D eigenvalue weighted by Crippen LogP contribution is -2.34. The molecular formula is C15H32N+. The van der Waals surface area contributed by atoms with E-state index in [1.165, 1.54) is 12.8 Å². The van der Waals surface area contributed by atoms with Crippen LogP contribution in [-0.4, -0.2) is 32.2 Å². The van der Waals surface area contributed by atoms with Crippen LogP contribution in [0.2, 0.25) is 0 Å². The summed E-state index contributed by atoms with van der Waals surface area (Å²) in [4.78, 5) is 0. The molecule has 0 bridgehead atoms. The number of likely N-dealkylation sites (N-methyl/N-ethyl adjacent to an activating group) is 1. The number of nitrogens with zero attached hydrogens (tertiary/aromatic N) is 1. The van der Waals surface area contributed by atoms with Crippen LogP contribution in [0.5, 0.6) is 0 Å². The Bertz CT molecular complexity index is 223. The number of hydrogen-bond donors (Lipinski definition) is 0. The van der Waals surface area contributed by atoms with Gasteiger partial charge in [-0.1, -0.05) is 40.7 Å². The second-order valence-corrected chi connectivity index (χ2v) is 8.05. The Balaban J connectivity index is 4.09. The molecule has 1 nitrogen and oxygen atoms in total. The fourth-order valence-electron chi connectivity index (χ4n) is 2.30. The maximum atomic E-state index is 2.37. The number of allylic oxidation sites excluding steroid dienone is 1. The van der Waals surface area contributed by atoms with Crippen molar-refractivity contribution in [1.82, 2.24) is 0 Å². The molecule has 0 saturated carbocycles. The summed E-state index contributed by atoms with van der Waals surface area (Å²) < 4.78 is 1.01. The minimum atomic E-state index is 0.416. The smallest absolute Gasteiger partial charge is 0.0967 e. The van der Waals surface area contributed by atoms with Crippen molar-refractivity contribution < 1.29 is 4.48 Å². The molecule has 0 aromatic rings. The predicted molar refractivity (Wildman–Crippen MR) is 74.5 cm³/mol. The molecule has 0 aliphatic carbocycles. The second kappa shape index (κ2) is 5.35. The summed E-state index contributed by atoms with van der Waals surface area (Å²) in [7, 11) is 6.68. The molecule has 1 heteroatoms. The SMILES string of the molecule is CC(C)(C)CC(C)(C)CC=CC[N+](C)(C)C. The number of rotatable bonds is 5. The first-order chi connectivity index (χ1) is 6.91. The lowest BCUT2D eigenvalue weighted by Gasteiger charge is -2.31. The molecular weight excluding hydrogens is 194 g/mol. The van der Waals surface area contributed by atoms with E-state index in [9.17, 15) is 0 Å². The lowest BCUT2D eigenvalue weighted by atomic mass is 9.74. The highest BCUT2D eigenvalue weighted by Gasteiger charge is 2.24. The third-order valence-electron chi connectivity index (χ3n) is 2.50. The Morgan fingerprint density at radius 3 is 1.75 bits per heavy atom. The molecule has 0 aromatic heterocycles. The van der Waals surface area contributed by atoms with Gasteiger partial charge in [-0.25, -0.2) is 0 Å². The topological polar surface area (TPSA) is 0 Å². The van der Waals surface area contributed by atoms with Crippen LogP contribution < -0.4 is 0 Å². The van der Waals surface area contributed by atoms with Gasteiger partial charge in [0.05, 0.1) is 27.7 Å². The first kappa shape index (κ1) is 15.7. The van der Waals surface area contributed by atoms with Crippen molar-refractivity contribution in [2.45, 2.75) is 47.5 Å². The quantitative estimate of drug-likeness (QED) is 0.489. The van der Waals surface area contributed by atoms with Crippen molar-refractivity contribution in [1.29, 1.82) is 0 Å². The fourth-order valence-corrected chi connectivity index (χ4v) is 2.30. The summed E-state index contributed by atoms with van der Waals surface area (Å²) in [5, 5.41) is 0. The molecule has 0 N–H and O–H groups in total. The Morgan fingerprint density at radius 1 is 0.875 bits per heavy atom. The number of quaternary nitrogens is 1. The minimum absolute atomic E-state index is 0.416. The van der Waals surface area contributed by atoms with E-state index in [-0.39, 0.29) is 0 Å². The fraction of sp³-hybridized carbons (Fsp3) is 0.867. The number of hydrogen-bond acceptors (Lipinski definition) is 0. The van der Waals surface area contributed by atoms with Gasteiger partial charge in [-0.15, -0.1) is 0 Å². The van der Waals surface area contributed by atoms with Crippen molar-refractivity contribution in [2.24, 2.45) is 10.8 Å². The van der Waals surface area contributed by atoms with Crippen LogP contribution in [0.25, 0.3) is 0 Å². The molecule has 0 aliphatic heterocycles. The Morgan fingerprint density at radius 2 is 1.38 bits per heavy atom. The van der Waals surface area contributed by atoms with Crippen molar-refractivity contribution >= 4 is 0 Å². The third-order valence-corrected chi connectivity index (χ3v) is 2.50. The van der Waals surface area contributed by atoms with Gasteiger partial charge in [0, 0.05) is 0 Å². The summed E-state index contributed by atoms with van der Waals surface area (Å²) in [6.45, 7) is 12.8. The standard InChI is InChI=1S/C15H32N/c1-14(2,3)13-15(4,5)11-9-10-12-16(6,7)8/h9-10H,11-13H2,1-8H3/q+1. The van der Waals surface area contributed by atoms with E-state index < -0.39 is 0 Å². The molecule has 0 aliphatic rings. The van der Waals surface area contributed by atoms with Crippen molar-refractivity contribution in [3.05, 3.63) is 12.2 Å². The van der Waals surface area contributed by atoms with Gasteiger partial charge in [0.15, 0.2) is 0 Å². The van der Waals surface area contributed by atoms with E-state index in [4.69, 9.17) is 0 Å². The van der Waals surface area contributed by atoms with Crippen molar-refractivity contribution in [3.63, 3.8) is 0 Å². The summed E-state index contributed by atoms with van der Waals surface area (Å²) in [5.74, 6) is 0. The summed E-state index contributed by atoms with van der Waals surface area (Å²) >= 11 is 0. The summed E-state index contributed by atoms with van der Waals surface area (Å²) in [6, 6.07) is 0. The highest BCUT2D eigenvalue weighted by Crippen LogP contribution is 2.35. The van der Waals surface area contributed by atoms with Gasteiger partial charge in [0.2, 0.25) is 0 Å². The predicted octanol–water partition coefficient (Wildman–Crippen LogP) is 4.10. The molecule has 0 atom stereocenters. The molecule has 0 saturated heterocycles. The zero-order valence-electron chi connectivity index (χ0n) is 12.7. The summed E-state index contributed by atoms with van der Waals surface area (Å²) in [6.07, 6.45) is 7.14. The molecule has 0 amide bonds. The second-order valence-electron chi connectivity index (χ2n) is 8.05. The van der Waals surface area contributed by atoms with Gasteiger partial charge >= 0.3 is 0 Å². The van der Waals surface area contributed by atoms with E-state index in [0.29, 0.717) is 10.8 Å². The van der Waals surface area contributed by atoms with Gasteiger partial charge in [-0.05, 0) is 29.7 Å². The Labute approximate surface area is 103 Å². The van der Waals surface area contributed by atoms with Crippen molar-refractivity contribution in [2.75, 3.05) is 27.7 Å². The molecule has 16 heavy (non-hydrogen) atoms. The van der Waals surface area contributed by atoms with Crippen LogP contribution in [0, 0.1) is 10.8 Å². The Kier molecular flexibility index (Phi) is 5.25. The molecule has 96 valence electrons. The zero-order chi connectivity index (χ0) is 13.0. The molecule has 0 fully saturated rings. The van der Waals surface area contributed by atoms with Gasteiger partial charge in [0.1, 0.15) is 0 Å². The largest absolute Gasteiger partial charge is 0.328 e. The van der Waals surface area contributed by atoms with Crippen molar-refractivity contribution in [3.8, 4) is 0 Å². The van der Waals surface area contributed by atoms with Crippen LogP contribution in [0.15, 0.2) is 12.2 Å². The molecule has 0 rings (SSSR count). The van der Waals surface area contributed by atoms with E-state index in [0.717, 1.165) is 11.0 Å². The van der Waals surface area contributed by atoms with E-state index >= 15 is 0 Å². The first-order valence-electron chi connectivity index (χ1n) is 6.37. The van der Waals surface area contributed by atoms with Crippen LogP contribution >= 0.6 is 0 Å². The van der Waals surface area contributed by atoms with Gasteiger partial charge in [-0.2, -0.15) is 0 Å². The van der Waals surface area contributed by atoms with Crippen LogP contribution in [-0.2, 0) is 0 Å². The van der Waals surface area contributed by atoms with Crippen LogP contribution in [0.3, 0.4) is 0 Å². The minimum Gasteiger partial charge on any atom is -0.328 e.